The lowest BCUT2D eigenvalue weighted by Crippen LogP contribution is -2.17. The Bertz CT molecular complexity index is 666. The van der Waals surface area contributed by atoms with Gasteiger partial charge in [0.1, 0.15) is 5.76 Å². The maximum atomic E-state index is 12.2. The van der Waals surface area contributed by atoms with Crippen molar-refractivity contribution in [3.8, 4) is 0 Å². The first-order valence-corrected chi connectivity index (χ1v) is 7.16. The fourth-order valence-electron chi connectivity index (χ4n) is 1.53. The predicted octanol–water partition coefficient (Wildman–Crippen LogP) is 1.61. The summed E-state index contributed by atoms with van der Waals surface area (Å²) < 4.78 is 31.6. The van der Waals surface area contributed by atoms with Crippen LogP contribution in [0.3, 0.4) is 0 Å². The lowest BCUT2D eigenvalue weighted by Gasteiger charge is -2.10. The number of nitrogens with zero attached hydrogens (tertiary/aromatic N) is 2. The van der Waals surface area contributed by atoms with E-state index < -0.39 is 10.0 Å². The summed E-state index contributed by atoms with van der Waals surface area (Å²) in [7, 11) is -3.80. The van der Waals surface area contributed by atoms with Gasteiger partial charge in [0, 0.05) is 18.8 Å². The number of hydrogen-bond donors (Lipinski definition) is 2. The van der Waals surface area contributed by atoms with E-state index in [9.17, 15) is 8.42 Å². The molecule has 2 N–H and O–H groups in total. The van der Waals surface area contributed by atoms with Gasteiger partial charge < -0.3 is 9.84 Å². The van der Waals surface area contributed by atoms with Gasteiger partial charge in [-0.25, -0.2) is 4.98 Å². The summed E-state index contributed by atoms with van der Waals surface area (Å²) in [4.78, 5) is 3.90. The summed E-state index contributed by atoms with van der Waals surface area (Å²) in [6.45, 7) is 4.14. The first kappa shape index (κ1) is 13.3. The molecule has 0 saturated carbocycles. The van der Waals surface area contributed by atoms with Crippen molar-refractivity contribution in [2.75, 3.05) is 16.6 Å². The van der Waals surface area contributed by atoms with Crippen LogP contribution in [0.1, 0.15) is 12.7 Å². The number of pyridine rings is 1. The van der Waals surface area contributed by atoms with E-state index in [0.717, 1.165) is 0 Å². The highest BCUT2D eigenvalue weighted by Gasteiger charge is 2.21. The van der Waals surface area contributed by atoms with E-state index in [1.54, 1.807) is 19.1 Å². The SMILES string of the molecule is CCNc1cccnc1S(=O)(=O)Nc1cc(C)on1. The Kier molecular flexibility index (Phi) is 3.70. The van der Waals surface area contributed by atoms with Crippen LogP contribution in [0.25, 0.3) is 0 Å². The fraction of sp³-hybridized carbons (Fsp3) is 0.273. The number of hydrogen-bond acceptors (Lipinski definition) is 6. The summed E-state index contributed by atoms with van der Waals surface area (Å²) >= 11 is 0. The van der Waals surface area contributed by atoms with Crippen molar-refractivity contribution < 1.29 is 12.9 Å². The Hall–Kier alpha value is -2.09. The van der Waals surface area contributed by atoms with Gasteiger partial charge in [-0.05, 0) is 26.0 Å². The minimum Gasteiger partial charge on any atom is -0.383 e. The Morgan fingerprint density at radius 3 is 2.84 bits per heavy atom. The van der Waals surface area contributed by atoms with E-state index in [2.05, 4.69) is 20.2 Å². The number of nitrogens with one attached hydrogen (secondary N) is 2. The normalized spacial score (nSPS) is 11.3. The van der Waals surface area contributed by atoms with Gasteiger partial charge >= 0.3 is 0 Å². The molecule has 2 heterocycles. The van der Waals surface area contributed by atoms with Crippen LogP contribution >= 0.6 is 0 Å². The Balaban J connectivity index is 2.34. The summed E-state index contributed by atoms with van der Waals surface area (Å²) in [5.41, 5.74) is 0.442. The van der Waals surface area contributed by atoms with Crippen molar-refractivity contribution in [3.05, 3.63) is 30.2 Å². The summed E-state index contributed by atoms with van der Waals surface area (Å²) in [5.74, 6) is 0.649. The summed E-state index contributed by atoms with van der Waals surface area (Å²) in [6, 6.07) is 4.81. The molecule has 0 unspecified atom stereocenters. The molecule has 0 aliphatic carbocycles. The van der Waals surface area contributed by atoms with Gasteiger partial charge in [-0.15, -0.1) is 0 Å². The van der Waals surface area contributed by atoms with Crippen LogP contribution in [-0.4, -0.2) is 25.1 Å². The highest BCUT2D eigenvalue weighted by atomic mass is 32.2. The van der Waals surface area contributed by atoms with E-state index in [4.69, 9.17) is 4.52 Å². The molecule has 0 bridgehead atoms. The zero-order valence-electron chi connectivity index (χ0n) is 10.5. The number of anilines is 2. The molecule has 0 saturated heterocycles. The molecule has 2 rings (SSSR count). The summed E-state index contributed by atoms with van der Waals surface area (Å²) in [5, 5.41) is 6.46. The molecule has 0 amide bonds. The zero-order chi connectivity index (χ0) is 13.9. The Morgan fingerprint density at radius 2 is 2.21 bits per heavy atom. The molecule has 0 aliphatic heterocycles. The van der Waals surface area contributed by atoms with Crippen molar-refractivity contribution in [2.45, 2.75) is 18.9 Å². The molecule has 0 radical (unpaired) electrons. The average Bonchev–Trinajstić information content (AvgIpc) is 2.75. The van der Waals surface area contributed by atoms with E-state index in [0.29, 0.717) is 18.0 Å². The molecule has 2 aromatic heterocycles. The van der Waals surface area contributed by atoms with E-state index >= 15 is 0 Å². The van der Waals surface area contributed by atoms with E-state index in [-0.39, 0.29) is 10.8 Å². The van der Waals surface area contributed by atoms with Crippen molar-refractivity contribution in [3.63, 3.8) is 0 Å². The number of aryl methyl sites for hydroxylation is 1. The molecule has 19 heavy (non-hydrogen) atoms. The number of sulfonamides is 1. The van der Waals surface area contributed by atoms with Gasteiger partial charge in [0.2, 0.25) is 0 Å². The quantitative estimate of drug-likeness (QED) is 0.864. The lowest BCUT2D eigenvalue weighted by molar-refractivity contribution is 0.400. The highest BCUT2D eigenvalue weighted by Crippen LogP contribution is 2.20. The number of rotatable bonds is 5. The first-order chi connectivity index (χ1) is 9.03. The third kappa shape index (κ3) is 3.02. The Morgan fingerprint density at radius 1 is 1.42 bits per heavy atom. The second-order valence-electron chi connectivity index (χ2n) is 3.81. The Labute approximate surface area is 111 Å². The second kappa shape index (κ2) is 5.27. The van der Waals surface area contributed by atoms with Crippen LogP contribution < -0.4 is 10.0 Å². The minimum atomic E-state index is -3.80. The lowest BCUT2D eigenvalue weighted by atomic mass is 10.4. The smallest absolute Gasteiger partial charge is 0.282 e. The molecule has 8 heteroatoms. The monoisotopic (exact) mass is 282 g/mol. The van der Waals surface area contributed by atoms with Crippen molar-refractivity contribution in [2.24, 2.45) is 0 Å². The topological polar surface area (TPSA) is 97.1 Å². The highest BCUT2D eigenvalue weighted by molar-refractivity contribution is 7.92. The van der Waals surface area contributed by atoms with Crippen LogP contribution in [0.5, 0.6) is 0 Å². The fourth-order valence-corrected chi connectivity index (χ4v) is 2.63. The minimum absolute atomic E-state index is 0.0718. The van der Waals surface area contributed by atoms with E-state index in [1.807, 2.05) is 6.92 Å². The predicted molar refractivity (Wildman–Crippen MR) is 70.4 cm³/mol. The standard InChI is InChI=1S/C11H14N4O3S/c1-3-12-9-5-4-6-13-11(9)19(16,17)15-10-7-8(2)18-14-10/h4-7,12H,3H2,1-2H3,(H,14,15). The van der Waals surface area contributed by atoms with Gasteiger partial charge in [-0.1, -0.05) is 5.16 Å². The molecule has 2 aromatic rings. The average molecular weight is 282 g/mol. The molecule has 0 fully saturated rings. The van der Waals surface area contributed by atoms with Crippen LogP contribution in [0.15, 0.2) is 33.9 Å². The third-order valence-electron chi connectivity index (χ3n) is 2.26. The van der Waals surface area contributed by atoms with Crippen LogP contribution in [0.2, 0.25) is 0 Å². The van der Waals surface area contributed by atoms with Crippen LogP contribution in [-0.2, 0) is 10.0 Å². The van der Waals surface area contributed by atoms with Gasteiger partial charge in [0.15, 0.2) is 10.8 Å². The molecule has 0 aliphatic rings. The second-order valence-corrected chi connectivity index (χ2v) is 5.41. The van der Waals surface area contributed by atoms with E-state index in [1.165, 1.54) is 12.3 Å². The molecule has 0 aromatic carbocycles. The molecule has 0 atom stereocenters. The van der Waals surface area contributed by atoms with Crippen LogP contribution in [0.4, 0.5) is 11.5 Å². The van der Waals surface area contributed by atoms with Gasteiger partial charge in [-0.3, -0.25) is 4.72 Å². The maximum Gasteiger partial charge on any atom is 0.282 e. The molecule has 0 spiro atoms. The zero-order valence-corrected chi connectivity index (χ0v) is 11.4. The van der Waals surface area contributed by atoms with Gasteiger partial charge in [0.25, 0.3) is 10.0 Å². The van der Waals surface area contributed by atoms with Crippen molar-refractivity contribution >= 4 is 21.5 Å². The molecule has 102 valence electrons. The first-order valence-electron chi connectivity index (χ1n) is 5.68. The number of aromatic nitrogens is 2. The maximum absolute atomic E-state index is 12.2. The largest absolute Gasteiger partial charge is 0.383 e. The molecule has 7 nitrogen and oxygen atoms in total. The van der Waals surface area contributed by atoms with Crippen LogP contribution in [0, 0.1) is 6.92 Å². The third-order valence-corrected chi connectivity index (χ3v) is 3.57. The van der Waals surface area contributed by atoms with Gasteiger partial charge in [-0.2, -0.15) is 8.42 Å². The van der Waals surface area contributed by atoms with Crippen molar-refractivity contribution in [1.82, 2.24) is 10.1 Å². The summed E-state index contributed by atoms with van der Waals surface area (Å²) in [6.07, 6.45) is 1.42. The molecular weight excluding hydrogens is 268 g/mol. The van der Waals surface area contributed by atoms with Gasteiger partial charge in [0.05, 0.1) is 5.69 Å². The van der Waals surface area contributed by atoms with Crippen molar-refractivity contribution in [1.29, 1.82) is 0 Å². The molecular formula is C11H14N4O3S.